The van der Waals surface area contributed by atoms with Gasteiger partial charge in [-0.2, -0.15) is 4.31 Å². The van der Waals surface area contributed by atoms with Gasteiger partial charge in [0.15, 0.2) is 11.6 Å². The monoisotopic (exact) mass is 505 g/mol. The number of fused-ring (bicyclic) bond motifs is 1. The molecule has 3 aromatic rings. The lowest BCUT2D eigenvalue weighted by molar-refractivity contribution is 0.381. The zero-order chi connectivity index (χ0) is 21.6. The number of rotatable bonds is 5. The molecule has 0 bridgehead atoms. The van der Waals surface area contributed by atoms with E-state index >= 15 is 0 Å². The molecule has 1 saturated carbocycles. The Balaban J connectivity index is 1.39. The van der Waals surface area contributed by atoms with Crippen LogP contribution in [0.5, 0.6) is 0 Å². The van der Waals surface area contributed by atoms with Crippen LogP contribution in [0.2, 0.25) is 0 Å². The molecule has 1 aliphatic carbocycles. The third-order valence-electron chi connectivity index (χ3n) is 5.52. The van der Waals surface area contributed by atoms with E-state index in [0.29, 0.717) is 23.6 Å². The highest BCUT2D eigenvalue weighted by Gasteiger charge is 2.32. The van der Waals surface area contributed by atoms with E-state index in [1.54, 1.807) is 0 Å². The van der Waals surface area contributed by atoms with E-state index in [0.717, 1.165) is 35.5 Å². The van der Waals surface area contributed by atoms with Gasteiger partial charge in [-0.3, -0.25) is 0 Å². The maximum atomic E-state index is 14.3. The van der Waals surface area contributed by atoms with Crippen molar-refractivity contribution in [2.45, 2.75) is 23.8 Å². The highest BCUT2D eigenvalue weighted by Crippen LogP contribution is 2.32. The van der Waals surface area contributed by atoms with Gasteiger partial charge in [0.25, 0.3) is 0 Å². The predicted octanol–water partition coefficient (Wildman–Crippen LogP) is 3.62. The van der Waals surface area contributed by atoms with E-state index < -0.39 is 15.8 Å². The van der Waals surface area contributed by atoms with Gasteiger partial charge in [-0.15, -0.1) is 0 Å². The van der Waals surface area contributed by atoms with Crippen molar-refractivity contribution in [3.05, 3.63) is 52.8 Å². The molecular weight excluding hydrogens is 485 g/mol. The molecule has 0 atom stereocenters. The second kappa shape index (κ2) is 7.99. The lowest BCUT2D eigenvalue weighted by atomic mass is 10.3. The van der Waals surface area contributed by atoms with Crippen LogP contribution in [0, 0.1) is 5.82 Å². The molecule has 1 N–H and O–H groups in total. The first-order chi connectivity index (χ1) is 14.9. The van der Waals surface area contributed by atoms with Crippen molar-refractivity contribution >= 4 is 48.6 Å². The van der Waals surface area contributed by atoms with Crippen molar-refractivity contribution in [2.24, 2.45) is 0 Å². The molecule has 2 aromatic carbocycles. The summed E-state index contributed by atoms with van der Waals surface area (Å²) < 4.78 is 42.1. The zero-order valence-electron chi connectivity index (χ0n) is 16.6. The van der Waals surface area contributed by atoms with Crippen LogP contribution in [0.3, 0.4) is 0 Å². The number of hydrogen-bond acceptors (Lipinski definition) is 6. The fourth-order valence-electron chi connectivity index (χ4n) is 3.69. The van der Waals surface area contributed by atoms with Crippen molar-refractivity contribution in [2.75, 3.05) is 36.4 Å². The number of aromatic nitrogens is 2. The van der Waals surface area contributed by atoms with Crippen LogP contribution in [-0.4, -0.2) is 54.9 Å². The van der Waals surface area contributed by atoms with Crippen molar-refractivity contribution < 1.29 is 12.8 Å². The summed E-state index contributed by atoms with van der Waals surface area (Å²) >= 11 is 3.16. The maximum Gasteiger partial charge on any atom is 0.246 e. The Morgan fingerprint density at radius 1 is 1.00 bits per heavy atom. The number of anilines is 2. The van der Waals surface area contributed by atoms with Crippen LogP contribution in [0.4, 0.5) is 16.0 Å². The third kappa shape index (κ3) is 4.11. The van der Waals surface area contributed by atoms with Crippen molar-refractivity contribution in [1.29, 1.82) is 0 Å². The van der Waals surface area contributed by atoms with E-state index in [2.05, 4.69) is 21.2 Å². The summed E-state index contributed by atoms with van der Waals surface area (Å²) in [4.78, 5) is 11.3. The summed E-state index contributed by atoms with van der Waals surface area (Å²) in [5.74, 6) is 0.710. The summed E-state index contributed by atoms with van der Waals surface area (Å²) in [5, 5.41) is 3.45. The first-order valence-corrected chi connectivity index (χ1v) is 12.4. The minimum absolute atomic E-state index is 0.245. The van der Waals surface area contributed by atoms with Crippen LogP contribution in [0.25, 0.3) is 11.0 Å². The molecule has 2 fully saturated rings. The molecule has 2 aliphatic rings. The summed E-state index contributed by atoms with van der Waals surface area (Å²) in [6.45, 7) is 1.39. The Hall–Kier alpha value is -2.30. The van der Waals surface area contributed by atoms with Gasteiger partial charge >= 0.3 is 0 Å². The average molecular weight is 506 g/mol. The summed E-state index contributed by atoms with van der Waals surface area (Å²) in [7, 11) is -3.91. The highest BCUT2D eigenvalue weighted by atomic mass is 79.9. The minimum atomic E-state index is -3.91. The van der Waals surface area contributed by atoms with E-state index in [9.17, 15) is 12.8 Å². The Morgan fingerprint density at radius 2 is 1.68 bits per heavy atom. The van der Waals surface area contributed by atoms with E-state index in [-0.39, 0.29) is 18.0 Å². The molecule has 0 radical (unpaired) electrons. The van der Waals surface area contributed by atoms with Gasteiger partial charge in [-0.1, -0.05) is 28.1 Å². The lowest BCUT2D eigenvalue weighted by Gasteiger charge is -2.35. The van der Waals surface area contributed by atoms with Gasteiger partial charge in [0.05, 0.1) is 11.0 Å². The fraction of sp³-hybridized carbons (Fsp3) is 0.333. The van der Waals surface area contributed by atoms with E-state index in [4.69, 9.17) is 9.97 Å². The maximum absolute atomic E-state index is 14.3. The smallest absolute Gasteiger partial charge is 0.246 e. The Labute approximate surface area is 188 Å². The molecule has 0 spiro atoms. The summed E-state index contributed by atoms with van der Waals surface area (Å²) in [6.07, 6.45) is 2.22. The van der Waals surface area contributed by atoms with Crippen molar-refractivity contribution in [1.82, 2.24) is 14.3 Å². The number of nitrogens with zero attached hydrogens (tertiary/aromatic N) is 4. The van der Waals surface area contributed by atoms with Crippen molar-refractivity contribution in [3.63, 3.8) is 0 Å². The van der Waals surface area contributed by atoms with Gasteiger partial charge in [-0.25, -0.2) is 22.8 Å². The molecule has 31 heavy (non-hydrogen) atoms. The van der Waals surface area contributed by atoms with Crippen LogP contribution >= 0.6 is 15.9 Å². The van der Waals surface area contributed by atoms with Crippen LogP contribution in [-0.2, 0) is 10.0 Å². The average Bonchev–Trinajstić information content (AvgIpc) is 3.57. The van der Waals surface area contributed by atoms with Crippen LogP contribution in [0.15, 0.2) is 51.8 Å². The van der Waals surface area contributed by atoms with Crippen LogP contribution in [0.1, 0.15) is 12.8 Å². The first kappa shape index (κ1) is 20.6. The van der Waals surface area contributed by atoms with Crippen molar-refractivity contribution in [3.8, 4) is 0 Å². The largest absolute Gasteiger partial charge is 0.364 e. The quantitative estimate of drug-likeness (QED) is 0.570. The first-order valence-electron chi connectivity index (χ1n) is 10.2. The Bertz CT molecular complexity index is 1240. The molecule has 10 heteroatoms. The van der Waals surface area contributed by atoms with Crippen LogP contribution < -0.4 is 10.2 Å². The molecule has 0 unspecified atom stereocenters. The second-order valence-electron chi connectivity index (χ2n) is 7.77. The number of piperazine rings is 1. The minimum Gasteiger partial charge on any atom is -0.364 e. The topological polar surface area (TPSA) is 78.4 Å². The molecule has 1 aromatic heterocycles. The molecule has 7 nitrogen and oxygen atoms in total. The van der Waals surface area contributed by atoms with E-state index in [1.807, 2.05) is 29.2 Å². The Morgan fingerprint density at radius 3 is 2.32 bits per heavy atom. The predicted molar refractivity (Wildman–Crippen MR) is 121 cm³/mol. The van der Waals surface area contributed by atoms with Gasteiger partial charge < -0.3 is 10.2 Å². The lowest BCUT2D eigenvalue weighted by Crippen LogP contribution is -2.49. The number of halogens is 2. The molecule has 5 rings (SSSR count). The summed E-state index contributed by atoms with van der Waals surface area (Å²) in [5.41, 5.74) is 1.62. The third-order valence-corrected chi connectivity index (χ3v) is 7.95. The molecule has 2 heterocycles. The number of para-hydroxylation sites is 2. The highest BCUT2D eigenvalue weighted by molar-refractivity contribution is 9.10. The molecule has 162 valence electrons. The summed E-state index contributed by atoms with van der Waals surface area (Å²) in [6, 6.07) is 12.1. The molecule has 0 amide bonds. The SMILES string of the molecule is O=S(=O)(c1ccc(Br)cc1F)N1CCN(c2nc3ccccc3nc2NC2CC2)CC1. The number of benzene rings is 2. The second-order valence-corrected chi connectivity index (χ2v) is 10.6. The number of nitrogens with one attached hydrogen (secondary N) is 1. The van der Waals surface area contributed by atoms with Gasteiger partial charge in [0.1, 0.15) is 10.7 Å². The molecule has 1 aliphatic heterocycles. The fourth-order valence-corrected chi connectivity index (χ4v) is 5.49. The Kier molecular flexibility index (Phi) is 5.31. The van der Waals surface area contributed by atoms with Gasteiger partial charge in [-0.05, 0) is 43.2 Å². The number of sulfonamides is 1. The normalized spacial score (nSPS) is 17.8. The van der Waals surface area contributed by atoms with Gasteiger partial charge in [0.2, 0.25) is 10.0 Å². The molecular formula is C21H21BrFN5O2S. The van der Waals surface area contributed by atoms with Gasteiger partial charge in [0, 0.05) is 36.7 Å². The number of hydrogen-bond donors (Lipinski definition) is 1. The van der Waals surface area contributed by atoms with E-state index in [1.165, 1.54) is 22.5 Å². The molecule has 1 saturated heterocycles. The zero-order valence-corrected chi connectivity index (χ0v) is 19.0. The standard InChI is InChI=1S/C21H21BrFN5O2S/c22-14-5-8-19(16(23)13-14)31(29,30)28-11-9-27(10-12-28)21-20(24-15-6-7-15)25-17-3-1-2-4-18(17)26-21/h1-5,8,13,15H,6-7,9-12H2,(H,24,25).